The van der Waals surface area contributed by atoms with Crippen molar-refractivity contribution in [3.05, 3.63) is 53.1 Å². The van der Waals surface area contributed by atoms with Gasteiger partial charge in [0, 0.05) is 34.6 Å². The van der Waals surface area contributed by atoms with Crippen molar-refractivity contribution >= 4 is 63.7 Å². The Bertz CT molecular complexity index is 1230. The second-order valence-electron chi connectivity index (χ2n) is 6.96. The largest absolute Gasteiger partial charge is 0.477 e. The Morgan fingerprint density at radius 2 is 2.31 bits per heavy atom. The molecule has 35 heavy (non-hydrogen) atoms. The molecule has 182 valence electrons. The molecule has 0 bridgehead atoms. The highest BCUT2D eigenvalue weighted by Crippen LogP contribution is 2.41. The molecule has 1 saturated heterocycles. The fourth-order valence-corrected chi connectivity index (χ4v) is 5.66. The summed E-state index contributed by atoms with van der Waals surface area (Å²) in [6.45, 7) is 1.89. The molecule has 15 heteroatoms. The molecule has 2 aromatic heterocycles. The van der Waals surface area contributed by atoms with Crippen molar-refractivity contribution in [2.75, 3.05) is 18.1 Å². The molecule has 2 aliphatic rings. The topological polar surface area (TPSA) is 173 Å². The summed E-state index contributed by atoms with van der Waals surface area (Å²) in [5, 5.41) is 17.5. The van der Waals surface area contributed by atoms with Crippen LogP contribution in [0.25, 0.3) is 0 Å². The first-order chi connectivity index (χ1) is 16.9. The fraction of sp³-hybridized carbons (Fsp3) is 0.250. The van der Waals surface area contributed by atoms with Crippen molar-refractivity contribution in [2.45, 2.75) is 23.2 Å². The van der Waals surface area contributed by atoms with Crippen molar-refractivity contribution in [2.24, 2.45) is 5.16 Å². The number of carboxylic acids is 1. The maximum Gasteiger partial charge on any atom is 0.352 e. The summed E-state index contributed by atoms with van der Waals surface area (Å²) in [5.41, 5.74) is 5.76. The minimum absolute atomic E-state index is 0.0250. The molecule has 4 rings (SSSR count). The quantitative estimate of drug-likeness (QED) is 0.183. The maximum absolute atomic E-state index is 12.9. The molecule has 2 amide bonds. The molecule has 12 nitrogen and oxygen atoms in total. The highest BCUT2D eigenvalue weighted by molar-refractivity contribution is 8.02. The van der Waals surface area contributed by atoms with E-state index in [1.165, 1.54) is 28.4 Å². The summed E-state index contributed by atoms with van der Waals surface area (Å²) in [6, 6.07) is 2.74. The summed E-state index contributed by atoms with van der Waals surface area (Å²) in [4.78, 5) is 52.8. The number of nitrogens with zero attached hydrogens (tertiary/aromatic N) is 5. The number of nitrogens with two attached hydrogens (primary N) is 1. The first kappa shape index (κ1) is 24.7. The second kappa shape index (κ2) is 10.9. The predicted octanol–water partition coefficient (Wildman–Crippen LogP) is 1.30. The van der Waals surface area contributed by atoms with Crippen LogP contribution in [0.5, 0.6) is 0 Å². The summed E-state index contributed by atoms with van der Waals surface area (Å²) in [7, 11) is 0. The standard InChI is InChI=1S/C20H19N7O5S3/c1-2-32-25-12(15-24-20(21)35-26-15)16(28)23-13-17(29)27-14(19(30)31)10(9-34-18(13)27)5-7-33-11-4-3-6-22-8-11/h3-8,13,18H,2,9H2,1H3,(H,23,28)(H,30,31)(H2,21,24,26)/b7-5+,25-12-/t13?,18-/m1/s1. The summed E-state index contributed by atoms with van der Waals surface area (Å²) in [6.07, 6.45) is 5.03. The predicted molar refractivity (Wildman–Crippen MR) is 131 cm³/mol. The monoisotopic (exact) mass is 533 g/mol. The molecule has 0 aliphatic carbocycles. The van der Waals surface area contributed by atoms with Gasteiger partial charge in [0.15, 0.2) is 5.13 Å². The number of aliphatic carboxylic acids is 1. The lowest BCUT2D eigenvalue weighted by Crippen LogP contribution is -2.71. The number of anilines is 1. The number of carboxylic acid groups (broad SMARTS) is 1. The number of hydrogen-bond acceptors (Lipinski definition) is 12. The average molecular weight is 534 g/mol. The molecule has 4 heterocycles. The maximum atomic E-state index is 12.9. The van der Waals surface area contributed by atoms with Crippen LogP contribution in [0.2, 0.25) is 0 Å². The molecular formula is C20H19N7O5S3. The summed E-state index contributed by atoms with van der Waals surface area (Å²) < 4.78 is 3.97. The fourth-order valence-electron chi connectivity index (χ4n) is 3.24. The summed E-state index contributed by atoms with van der Waals surface area (Å²) >= 11 is 3.62. The number of oxime groups is 1. The number of fused-ring (bicyclic) bond motifs is 1. The smallest absolute Gasteiger partial charge is 0.352 e. The van der Waals surface area contributed by atoms with E-state index in [1.54, 1.807) is 36.9 Å². The van der Waals surface area contributed by atoms with E-state index in [9.17, 15) is 19.5 Å². The zero-order valence-corrected chi connectivity index (χ0v) is 20.6. The molecule has 1 unspecified atom stereocenters. The van der Waals surface area contributed by atoms with Gasteiger partial charge in [0.05, 0.1) is 0 Å². The third-order valence-electron chi connectivity index (χ3n) is 4.75. The lowest BCUT2D eigenvalue weighted by atomic mass is 10.0. The van der Waals surface area contributed by atoms with E-state index in [4.69, 9.17) is 10.6 Å². The Morgan fingerprint density at radius 1 is 1.49 bits per heavy atom. The third kappa shape index (κ3) is 5.31. The summed E-state index contributed by atoms with van der Waals surface area (Å²) in [5.74, 6) is -2.17. The minimum Gasteiger partial charge on any atom is -0.477 e. The van der Waals surface area contributed by atoms with Gasteiger partial charge in [-0.05, 0) is 36.1 Å². The number of β-lactam (4-membered cyclic amide) rings is 1. The Balaban J connectivity index is 1.49. The van der Waals surface area contributed by atoms with Gasteiger partial charge in [-0.2, -0.15) is 9.36 Å². The van der Waals surface area contributed by atoms with Crippen LogP contribution >= 0.6 is 35.1 Å². The van der Waals surface area contributed by atoms with E-state index < -0.39 is 29.2 Å². The van der Waals surface area contributed by atoms with E-state index >= 15 is 0 Å². The van der Waals surface area contributed by atoms with Crippen molar-refractivity contribution < 1.29 is 24.3 Å². The first-order valence-corrected chi connectivity index (χ1v) is 12.9. The van der Waals surface area contributed by atoms with E-state index in [-0.39, 0.29) is 29.0 Å². The number of nitrogens with one attached hydrogen (secondary N) is 1. The van der Waals surface area contributed by atoms with Crippen molar-refractivity contribution in [1.29, 1.82) is 0 Å². The van der Waals surface area contributed by atoms with E-state index in [1.807, 2.05) is 6.07 Å². The van der Waals surface area contributed by atoms with Crippen LogP contribution in [0, 0.1) is 0 Å². The SMILES string of the molecule is CCO/N=C(\C(=O)NC1C(=O)N2C(C(=O)O)=C(/C=C/Sc3cccnc3)CS[C@H]12)c1nsc(N)n1. The van der Waals surface area contributed by atoms with Crippen molar-refractivity contribution in [3.8, 4) is 0 Å². The molecule has 0 saturated carbocycles. The zero-order valence-electron chi connectivity index (χ0n) is 18.2. The molecule has 2 atom stereocenters. The number of pyridine rings is 1. The highest BCUT2D eigenvalue weighted by Gasteiger charge is 2.54. The minimum atomic E-state index is -1.22. The molecule has 4 N–H and O–H groups in total. The Morgan fingerprint density at radius 3 is 2.97 bits per heavy atom. The molecule has 1 fully saturated rings. The van der Waals surface area contributed by atoms with Crippen LogP contribution in [-0.2, 0) is 19.2 Å². The van der Waals surface area contributed by atoms with E-state index in [0.717, 1.165) is 16.4 Å². The number of rotatable bonds is 9. The number of allylic oxidation sites excluding steroid dienone is 1. The molecule has 2 aromatic rings. The Labute approximate surface area is 211 Å². The van der Waals surface area contributed by atoms with Crippen LogP contribution in [0.4, 0.5) is 5.13 Å². The van der Waals surface area contributed by atoms with Gasteiger partial charge >= 0.3 is 5.97 Å². The van der Waals surface area contributed by atoms with Crippen molar-refractivity contribution in [3.63, 3.8) is 0 Å². The first-order valence-electron chi connectivity index (χ1n) is 10.2. The highest BCUT2D eigenvalue weighted by atomic mass is 32.2. The number of nitrogen functional groups attached to an aromatic ring is 1. The van der Waals surface area contributed by atoms with Gasteiger partial charge < -0.3 is 21.0 Å². The van der Waals surface area contributed by atoms with Crippen molar-refractivity contribution in [1.82, 2.24) is 24.6 Å². The number of aromatic nitrogens is 3. The van der Waals surface area contributed by atoms with Gasteiger partial charge in [0.2, 0.25) is 11.5 Å². The molecule has 0 aromatic carbocycles. The van der Waals surface area contributed by atoms with E-state index in [0.29, 0.717) is 11.3 Å². The third-order valence-corrected chi connectivity index (χ3v) is 7.38. The Hall–Kier alpha value is -3.43. The van der Waals surface area contributed by atoms with Crippen LogP contribution in [0.15, 0.2) is 57.3 Å². The average Bonchev–Trinajstić information content (AvgIpc) is 3.28. The van der Waals surface area contributed by atoms with Crippen LogP contribution in [0.3, 0.4) is 0 Å². The lowest BCUT2D eigenvalue weighted by molar-refractivity contribution is -0.150. The lowest BCUT2D eigenvalue weighted by Gasteiger charge is -2.49. The number of amides is 2. The van der Waals surface area contributed by atoms with Gasteiger partial charge in [-0.3, -0.25) is 19.5 Å². The zero-order chi connectivity index (χ0) is 24.9. The van der Waals surface area contributed by atoms with Gasteiger partial charge in [0.25, 0.3) is 11.8 Å². The Kier molecular flexibility index (Phi) is 7.67. The van der Waals surface area contributed by atoms with Gasteiger partial charge in [-0.15, -0.1) is 11.8 Å². The van der Waals surface area contributed by atoms with Gasteiger partial charge in [-0.25, -0.2) is 4.79 Å². The molecular weight excluding hydrogens is 514 g/mol. The number of carbonyl (C=O) groups is 3. The van der Waals surface area contributed by atoms with Crippen LogP contribution in [0.1, 0.15) is 12.7 Å². The van der Waals surface area contributed by atoms with Crippen LogP contribution < -0.4 is 11.1 Å². The molecule has 0 spiro atoms. The van der Waals surface area contributed by atoms with Crippen LogP contribution in [-0.4, -0.2) is 71.6 Å². The number of thioether (sulfide) groups is 2. The van der Waals surface area contributed by atoms with E-state index in [2.05, 4.69) is 24.8 Å². The molecule has 0 radical (unpaired) electrons. The number of hydrogen-bond donors (Lipinski definition) is 3. The molecule has 2 aliphatic heterocycles. The number of carbonyl (C=O) groups excluding carboxylic acids is 2. The normalized spacial score (nSPS) is 20.0. The second-order valence-corrected chi connectivity index (χ2v) is 9.83. The van der Waals surface area contributed by atoms with Gasteiger partial charge in [-0.1, -0.05) is 16.9 Å². The van der Waals surface area contributed by atoms with Gasteiger partial charge in [0.1, 0.15) is 23.7 Å².